The number of nitrogens with one attached hydrogen (secondary N) is 4. The molecule has 8 N–H and O–H groups in total. The van der Waals surface area contributed by atoms with Crippen LogP contribution in [-0.4, -0.2) is 105 Å². The summed E-state index contributed by atoms with van der Waals surface area (Å²) in [6.07, 6.45) is 2.37. The minimum absolute atomic E-state index is 0.00454. The summed E-state index contributed by atoms with van der Waals surface area (Å²) in [5.41, 5.74) is 6.30. The number of nitrogens with two attached hydrogens (primary N) is 1. The lowest BCUT2D eigenvalue weighted by Gasteiger charge is -2.31. The van der Waals surface area contributed by atoms with Gasteiger partial charge in [-0.1, -0.05) is 33.7 Å². The van der Waals surface area contributed by atoms with E-state index in [-0.39, 0.29) is 36.6 Å². The number of nitrogens with zero attached hydrogens (tertiary/aromatic N) is 1. The number of carboxylic acids is 1. The molecule has 16 heteroatoms. The standard InChI is InChI=1S/C28H40N6O8S2/c1-16(35)30-20(13-17-7-9-18(36)10-8-17)24(37)32-21-14-43-44-15-22(28(41)42)33-26(39)23-6-4-12-34(23)27(40)19(31-25(21)38)5-2-3-11-29/h7-10,19-23,36H,2-6,11-15,29H2,1H3,(H,30,35)(H,31,38)(H,32,37)(H,33,39)(H,41,42)/t19-,20-,21-,22-,23-/m0/s1. The number of aromatic hydroxyl groups is 1. The molecule has 0 unspecified atom stereocenters. The quantitative estimate of drug-likeness (QED) is 0.126. The Hall–Kier alpha value is -3.50. The summed E-state index contributed by atoms with van der Waals surface area (Å²) < 4.78 is 0. The van der Waals surface area contributed by atoms with Gasteiger partial charge in [-0.25, -0.2) is 4.79 Å². The summed E-state index contributed by atoms with van der Waals surface area (Å²) in [5, 5.41) is 29.9. The summed E-state index contributed by atoms with van der Waals surface area (Å²) in [6.45, 7) is 1.93. The smallest absolute Gasteiger partial charge is 0.327 e. The Morgan fingerprint density at radius 3 is 2.43 bits per heavy atom. The number of unbranched alkanes of at least 4 members (excludes halogenated alkanes) is 1. The molecule has 242 valence electrons. The number of hydrogen-bond acceptors (Lipinski definition) is 10. The Labute approximate surface area is 263 Å². The molecule has 2 saturated heterocycles. The number of phenols is 1. The second-order valence-electron chi connectivity index (χ2n) is 10.7. The van der Waals surface area contributed by atoms with Gasteiger partial charge in [0.15, 0.2) is 0 Å². The van der Waals surface area contributed by atoms with Gasteiger partial charge in [0.1, 0.15) is 36.0 Å². The largest absolute Gasteiger partial charge is 0.508 e. The van der Waals surface area contributed by atoms with E-state index < -0.39 is 65.7 Å². The van der Waals surface area contributed by atoms with Crippen LogP contribution in [0.3, 0.4) is 0 Å². The first kappa shape index (κ1) is 35.0. The van der Waals surface area contributed by atoms with Gasteiger partial charge in [0, 0.05) is 31.4 Å². The third kappa shape index (κ3) is 10.3. The monoisotopic (exact) mass is 652 g/mol. The molecule has 0 saturated carbocycles. The lowest BCUT2D eigenvalue weighted by molar-refractivity contribution is -0.144. The maximum atomic E-state index is 13.7. The van der Waals surface area contributed by atoms with Gasteiger partial charge >= 0.3 is 5.97 Å². The van der Waals surface area contributed by atoms with Crippen LogP contribution >= 0.6 is 21.6 Å². The van der Waals surface area contributed by atoms with Crippen molar-refractivity contribution in [3.8, 4) is 5.75 Å². The van der Waals surface area contributed by atoms with Gasteiger partial charge in [0.2, 0.25) is 29.5 Å². The van der Waals surface area contributed by atoms with Crippen LogP contribution in [0.2, 0.25) is 0 Å². The van der Waals surface area contributed by atoms with Crippen LogP contribution in [0.1, 0.15) is 44.6 Å². The lowest BCUT2D eigenvalue weighted by Crippen LogP contribution is -2.59. The number of aliphatic carboxylic acids is 1. The molecule has 1 aromatic rings. The predicted molar refractivity (Wildman–Crippen MR) is 165 cm³/mol. The molecule has 0 spiro atoms. The van der Waals surface area contributed by atoms with Crippen LogP contribution in [0.15, 0.2) is 24.3 Å². The van der Waals surface area contributed by atoms with Crippen molar-refractivity contribution < 1.29 is 39.0 Å². The normalized spacial score (nSPS) is 23.9. The average Bonchev–Trinajstić information content (AvgIpc) is 3.47. The number of amides is 5. The van der Waals surface area contributed by atoms with Gasteiger partial charge in [-0.3, -0.25) is 24.0 Å². The molecule has 2 fully saturated rings. The first-order valence-corrected chi connectivity index (χ1v) is 16.9. The summed E-state index contributed by atoms with van der Waals surface area (Å²) in [4.78, 5) is 79.0. The van der Waals surface area contributed by atoms with Gasteiger partial charge in [0.25, 0.3) is 0 Å². The summed E-state index contributed by atoms with van der Waals surface area (Å²) >= 11 is 0. The third-order valence-electron chi connectivity index (χ3n) is 7.27. The van der Waals surface area contributed by atoms with E-state index in [2.05, 4.69) is 21.3 Å². The molecule has 2 aliphatic rings. The summed E-state index contributed by atoms with van der Waals surface area (Å²) in [6, 6.07) is 0.849. The van der Waals surface area contributed by atoms with Crippen molar-refractivity contribution >= 4 is 57.1 Å². The number of benzene rings is 1. The van der Waals surface area contributed by atoms with E-state index in [4.69, 9.17) is 5.73 Å². The van der Waals surface area contributed by atoms with Crippen LogP contribution in [0.4, 0.5) is 0 Å². The highest BCUT2D eigenvalue weighted by Crippen LogP contribution is 2.25. The first-order valence-electron chi connectivity index (χ1n) is 14.4. The zero-order valence-corrected chi connectivity index (χ0v) is 26.1. The maximum absolute atomic E-state index is 13.7. The second kappa shape index (κ2) is 17.1. The van der Waals surface area contributed by atoms with Crippen molar-refractivity contribution in [1.82, 2.24) is 26.2 Å². The predicted octanol–water partition coefficient (Wildman–Crippen LogP) is -0.507. The first-order chi connectivity index (χ1) is 21.0. The average molecular weight is 653 g/mol. The summed E-state index contributed by atoms with van der Waals surface area (Å²) in [7, 11) is 2.25. The Kier molecular flexibility index (Phi) is 13.6. The SMILES string of the molecule is CC(=O)N[C@@H](Cc1ccc(O)cc1)C(=O)N[C@H]1CSSC[C@@H](C(=O)O)NC(=O)[C@@H]2CCCN2C(=O)[C@H](CCCCN)NC1=O. The molecule has 3 rings (SSSR count). The van der Waals surface area contributed by atoms with E-state index in [1.165, 1.54) is 24.0 Å². The molecular formula is C28H40N6O8S2. The highest BCUT2D eigenvalue weighted by atomic mass is 33.1. The van der Waals surface area contributed by atoms with Crippen LogP contribution in [0.25, 0.3) is 0 Å². The number of carbonyl (C=O) groups excluding carboxylic acids is 5. The Bertz CT molecular complexity index is 1200. The molecule has 0 radical (unpaired) electrons. The van der Waals surface area contributed by atoms with Crippen molar-refractivity contribution in [2.24, 2.45) is 5.73 Å². The molecule has 5 atom stereocenters. The van der Waals surface area contributed by atoms with Crippen LogP contribution < -0.4 is 27.0 Å². The number of carbonyl (C=O) groups is 6. The van der Waals surface area contributed by atoms with E-state index in [1.807, 2.05) is 0 Å². The lowest BCUT2D eigenvalue weighted by atomic mass is 10.0. The molecule has 5 amide bonds. The Morgan fingerprint density at radius 2 is 1.77 bits per heavy atom. The zero-order chi connectivity index (χ0) is 32.2. The Balaban J connectivity index is 1.87. The topological polar surface area (TPSA) is 220 Å². The van der Waals surface area contributed by atoms with Gasteiger partial charge in [-0.2, -0.15) is 0 Å². The minimum Gasteiger partial charge on any atom is -0.508 e. The highest BCUT2D eigenvalue weighted by Gasteiger charge is 2.40. The second-order valence-corrected chi connectivity index (χ2v) is 13.2. The van der Waals surface area contributed by atoms with Crippen molar-refractivity contribution in [2.45, 2.75) is 75.7 Å². The number of hydrogen-bond donors (Lipinski definition) is 7. The summed E-state index contributed by atoms with van der Waals surface area (Å²) in [5.74, 6) is -3.96. The number of rotatable bonds is 10. The van der Waals surface area contributed by atoms with Crippen LogP contribution in [0.5, 0.6) is 5.75 Å². The van der Waals surface area contributed by atoms with Gasteiger partial charge in [-0.15, -0.1) is 0 Å². The number of fused-ring (bicyclic) bond motifs is 1. The maximum Gasteiger partial charge on any atom is 0.327 e. The molecule has 2 aliphatic heterocycles. The van der Waals surface area contributed by atoms with Crippen molar-refractivity contribution in [3.05, 3.63) is 29.8 Å². The highest BCUT2D eigenvalue weighted by molar-refractivity contribution is 8.76. The molecule has 0 aromatic heterocycles. The third-order valence-corrected chi connectivity index (χ3v) is 9.69. The van der Waals surface area contributed by atoms with Crippen LogP contribution in [0, 0.1) is 0 Å². The fourth-order valence-corrected chi connectivity index (χ4v) is 7.30. The number of phenolic OH excluding ortho intramolecular Hbond substituents is 1. The van der Waals surface area contributed by atoms with Gasteiger partial charge in [0.05, 0.1) is 0 Å². The molecule has 1 aromatic carbocycles. The van der Waals surface area contributed by atoms with E-state index in [1.54, 1.807) is 12.1 Å². The molecule has 0 aliphatic carbocycles. The van der Waals surface area contributed by atoms with Gasteiger partial charge < -0.3 is 42.1 Å². The van der Waals surface area contributed by atoms with Gasteiger partial charge in [-0.05, 0) is 56.3 Å². The molecular weight excluding hydrogens is 612 g/mol. The Morgan fingerprint density at radius 1 is 1.07 bits per heavy atom. The molecule has 0 bridgehead atoms. The van der Waals surface area contributed by atoms with E-state index in [9.17, 15) is 39.0 Å². The fraction of sp³-hybridized carbons (Fsp3) is 0.571. The zero-order valence-electron chi connectivity index (χ0n) is 24.5. The molecule has 14 nitrogen and oxygen atoms in total. The molecule has 44 heavy (non-hydrogen) atoms. The van der Waals surface area contributed by atoms with Crippen molar-refractivity contribution in [2.75, 3.05) is 24.6 Å². The van der Waals surface area contributed by atoms with E-state index in [0.29, 0.717) is 37.8 Å². The van der Waals surface area contributed by atoms with Crippen molar-refractivity contribution in [3.63, 3.8) is 0 Å². The fourth-order valence-electron chi connectivity index (χ4n) is 4.98. The van der Waals surface area contributed by atoms with E-state index >= 15 is 0 Å². The minimum atomic E-state index is -1.23. The molecule has 2 heterocycles. The van der Waals surface area contributed by atoms with E-state index in [0.717, 1.165) is 21.6 Å². The van der Waals surface area contributed by atoms with Crippen molar-refractivity contribution in [1.29, 1.82) is 0 Å². The number of carboxylic acid groups (broad SMARTS) is 1. The van der Waals surface area contributed by atoms with Crippen LogP contribution in [-0.2, 0) is 35.2 Å².